The fraction of sp³-hybridized carbons (Fsp3) is 0.800. The van der Waals surface area contributed by atoms with Gasteiger partial charge in [0.1, 0.15) is 0 Å². The largest absolute Gasteiger partial charge is 0.354 e. The maximum absolute atomic E-state index is 10.5. The van der Waals surface area contributed by atoms with Gasteiger partial charge in [0.15, 0.2) is 0 Å². The van der Waals surface area contributed by atoms with Crippen LogP contribution >= 0.6 is 0 Å². The van der Waals surface area contributed by atoms with E-state index in [9.17, 15) is 9.59 Å². The maximum atomic E-state index is 10.5. The van der Waals surface area contributed by atoms with Crippen LogP contribution in [0.2, 0.25) is 0 Å². The molecule has 0 atom stereocenters. The molecule has 2 saturated heterocycles. The number of nitrogens with one attached hydrogen (secondary N) is 2. The van der Waals surface area contributed by atoms with E-state index in [1.165, 1.54) is 0 Å². The smallest absolute Gasteiger partial charge is 0.234 e. The molecule has 0 aromatic carbocycles. The number of amides is 2. The van der Waals surface area contributed by atoms with E-state index >= 15 is 0 Å². The molecule has 2 fully saturated rings. The maximum Gasteiger partial charge on any atom is 0.234 e. The number of likely N-dealkylation sites (N-methyl/N-ethyl adjacent to an activating group) is 2. The van der Waals surface area contributed by atoms with Crippen LogP contribution in [-0.4, -0.2) is 75.0 Å². The van der Waals surface area contributed by atoms with Crippen LogP contribution in [-0.2, 0) is 9.59 Å². The number of nitrogens with zero attached hydrogens (tertiary/aromatic N) is 2. The summed E-state index contributed by atoms with van der Waals surface area (Å²) in [6.07, 6.45) is 0. The number of piperazine rings is 2. The molecule has 2 amide bonds. The first-order valence-corrected chi connectivity index (χ1v) is 5.48. The first kappa shape index (κ1) is 12.9. The molecule has 0 aromatic rings. The fourth-order valence-corrected chi connectivity index (χ4v) is 1.53. The predicted octanol–water partition coefficient (Wildman–Crippen LogP) is -1.90. The van der Waals surface area contributed by atoms with Gasteiger partial charge in [-0.3, -0.25) is 19.4 Å². The monoisotopic (exact) mass is 228 g/mol. The van der Waals surface area contributed by atoms with Gasteiger partial charge in [0.2, 0.25) is 11.8 Å². The summed E-state index contributed by atoms with van der Waals surface area (Å²) < 4.78 is 0. The third kappa shape index (κ3) is 5.09. The normalized spacial score (nSPS) is 22.9. The average molecular weight is 228 g/mol. The molecule has 6 heteroatoms. The Morgan fingerprint density at radius 3 is 1.44 bits per heavy atom. The summed E-state index contributed by atoms with van der Waals surface area (Å²) in [6.45, 7) is 4.67. The van der Waals surface area contributed by atoms with Crippen LogP contribution in [0.3, 0.4) is 0 Å². The molecular weight excluding hydrogens is 208 g/mol. The van der Waals surface area contributed by atoms with Crippen LogP contribution < -0.4 is 10.6 Å². The minimum Gasteiger partial charge on any atom is -0.354 e. The van der Waals surface area contributed by atoms with Gasteiger partial charge in [-0.25, -0.2) is 0 Å². The van der Waals surface area contributed by atoms with E-state index in [0.29, 0.717) is 13.1 Å². The van der Waals surface area contributed by atoms with Gasteiger partial charge in [-0.05, 0) is 14.1 Å². The van der Waals surface area contributed by atoms with Crippen molar-refractivity contribution in [1.29, 1.82) is 0 Å². The molecule has 0 unspecified atom stereocenters. The Kier molecular flexibility index (Phi) is 5.21. The highest BCUT2D eigenvalue weighted by Gasteiger charge is 2.10. The van der Waals surface area contributed by atoms with Crippen LogP contribution in [0.5, 0.6) is 0 Å². The van der Waals surface area contributed by atoms with E-state index in [1.807, 2.05) is 23.9 Å². The minimum atomic E-state index is 0.138. The van der Waals surface area contributed by atoms with Crippen LogP contribution in [0.4, 0.5) is 0 Å². The lowest BCUT2D eigenvalue weighted by Crippen LogP contribution is -2.45. The van der Waals surface area contributed by atoms with Crippen molar-refractivity contribution in [3.63, 3.8) is 0 Å². The molecule has 0 bridgehead atoms. The lowest BCUT2D eigenvalue weighted by atomic mass is 10.4. The number of carbonyl (C=O) groups is 2. The second-order valence-electron chi connectivity index (χ2n) is 4.18. The lowest BCUT2D eigenvalue weighted by Gasteiger charge is -2.21. The van der Waals surface area contributed by atoms with Gasteiger partial charge in [-0.2, -0.15) is 0 Å². The van der Waals surface area contributed by atoms with E-state index in [4.69, 9.17) is 0 Å². The van der Waals surface area contributed by atoms with Crippen molar-refractivity contribution in [1.82, 2.24) is 20.4 Å². The Labute approximate surface area is 96.0 Å². The molecule has 16 heavy (non-hydrogen) atoms. The quantitative estimate of drug-likeness (QED) is 0.508. The summed E-state index contributed by atoms with van der Waals surface area (Å²) in [6, 6.07) is 0. The SMILES string of the molecule is CN1CCNC(=O)C1.CN1CCNC(=O)C1. The Hall–Kier alpha value is -1.14. The summed E-state index contributed by atoms with van der Waals surface area (Å²) in [7, 11) is 3.89. The fourth-order valence-electron chi connectivity index (χ4n) is 1.53. The van der Waals surface area contributed by atoms with Crippen molar-refractivity contribution in [2.75, 3.05) is 53.4 Å². The zero-order chi connectivity index (χ0) is 12.0. The van der Waals surface area contributed by atoms with Gasteiger partial charge >= 0.3 is 0 Å². The molecule has 92 valence electrons. The standard InChI is InChI=1S/2C5H10N2O/c2*1-7-3-2-6-5(8)4-7/h2*2-4H2,1H3,(H,6,8). The van der Waals surface area contributed by atoms with Gasteiger partial charge in [0, 0.05) is 26.2 Å². The van der Waals surface area contributed by atoms with E-state index in [2.05, 4.69) is 10.6 Å². The van der Waals surface area contributed by atoms with Gasteiger partial charge < -0.3 is 10.6 Å². The molecule has 0 radical (unpaired) electrons. The summed E-state index contributed by atoms with van der Waals surface area (Å²) in [5.41, 5.74) is 0. The van der Waals surface area contributed by atoms with Crippen LogP contribution in [0.1, 0.15) is 0 Å². The van der Waals surface area contributed by atoms with Crippen molar-refractivity contribution < 1.29 is 9.59 Å². The third-order valence-electron chi connectivity index (χ3n) is 2.46. The second-order valence-corrected chi connectivity index (χ2v) is 4.18. The lowest BCUT2D eigenvalue weighted by molar-refractivity contribution is -0.124. The predicted molar refractivity (Wildman–Crippen MR) is 61.0 cm³/mol. The molecule has 6 nitrogen and oxygen atoms in total. The highest BCUT2D eigenvalue weighted by Crippen LogP contribution is 1.86. The molecule has 0 aliphatic carbocycles. The van der Waals surface area contributed by atoms with Gasteiger partial charge in [0.25, 0.3) is 0 Å². The molecule has 0 spiro atoms. The van der Waals surface area contributed by atoms with Crippen LogP contribution in [0, 0.1) is 0 Å². The Morgan fingerprint density at radius 2 is 1.25 bits per heavy atom. The van der Waals surface area contributed by atoms with Crippen molar-refractivity contribution in [2.24, 2.45) is 0 Å². The van der Waals surface area contributed by atoms with E-state index < -0.39 is 0 Å². The van der Waals surface area contributed by atoms with Gasteiger partial charge in [0.05, 0.1) is 13.1 Å². The van der Waals surface area contributed by atoms with Gasteiger partial charge in [-0.15, -0.1) is 0 Å². The van der Waals surface area contributed by atoms with Crippen molar-refractivity contribution in [2.45, 2.75) is 0 Å². The Bertz CT molecular complexity index is 231. The first-order valence-electron chi connectivity index (χ1n) is 5.48. The zero-order valence-electron chi connectivity index (χ0n) is 9.95. The second kappa shape index (κ2) is 6.44. The van der Waals surface area contributed by atoms with Crippen LogP contribution in [0.15, 0.2) is 0 Å². The van der Waals surface area contributed by atoms with Crippen molar-refractivity contribution in [3.8, 4) is 0 Å². The summed E-state index contributed by atoms with van der Waals surface area (Å²) in [5, 5.41) is 5.46. The molecular formula is C10H20N4O2. The summed E-state index contributed by atoms with van der Waals surface area (Å²) in [4.78, 5) is 25.0. The van der Waals surface area contributed by atoms with Crippen LogP contribution in [0.25, 0.3) is 0 Å². The third-order valence-corrected chi connectivity index (χ3v) is 2.46. The molecule has 2 rings (SSSR count). The molecule has 2 heterocycles. The highest BCUT2D eigenvalue weighted by atomic mass is 16.2. The minimum absolute atomic E-state index is 0.138. The van der Waals surface area contributed by atoms with Gasteiger partial charge in [-0.1, -0.05) is 0 Å². The molecule has 2 aliphatic rings. The average Bonchev–Trinajstić information content (AvgIpc) is 2.17. The number of hydrogen-bond acceptors (Lipinski definition) is 4. The topological polar surface area (TPSA) is 64.7 Å². The number of rotatable bonds is 0. The highest BCUT2D eigenvalue weighted by molar-refractivity contribution is 5.78. The Balaban J connectivity index is 0.000000160. The Morgan fingerprint density at radius 1 is 0.875 bits per heavy atom. The summed E-state index contributed by atoms with van der Waals surface area (Å²) in [5.74, 6) is 0.275. The molecule has 2 aliphatic heterocycles. The molecule has 0 saturated carbocycles. The number of hydrogen-bond donors (Lipinski definition) is 2. The molecule has 2 N–H and O–H groups in total. The number of carbonyl (C=O) groups excluding carboxylic acids is 2. The van der Waals surface area contributed by atoms with E-state index in [-0.39, 0.29) is 11.8 Å². The van der Waals surface area contributed by atoms with Crippen molar-refractivity contribution >= 4 is 11.8 Å². The van der Waals surface area contributed by atoms with E-state index in [0.717, 1.165) is 26.2 Å². The zero-order valence-corrected chi connectivity index (χ0v) is 9.95. The summed E-state index contributed by atoms with van der Waals surface area (Å²) >= 11 is 0. The van der Waals surface area contributed by atoms with E-state index in [1.54, 1.807) is 0 Å². The molecule has 0 aromatic heterocycles. The first-order chi connectivity index (χ1) is 7.58. The van der Waals surface area contributed by atoms with Crippen molar-refractivity contribution in [3.05, 3.63) is 0 Å².